The summed E-state index contributed by atoms with van der Waals surface area (Å²) >= 11 is 0. The Bertz CT molecular complexity index is 1270. The van der Waals surface area contributed by atoms with Gasteiger partial charge in [0.25, 0.3) is 0 Å². The summed E-state index contributed by atoms with van der Waals surface area (Å²) in [4.78, 5) is 39.6. The van der Waals surface area contributed by atoms with E-state index in [0.717, 1.165) is 48.8 Å². The van der Waals surface area contributed by atoms with Gasteiger partial charge in [-0.1, -0.05) is 18.9 Å². The van der Waals surface area contributed by atoms with E-state index >= 15 is 0 Å². The highest BCUT2D eigenvalue weighted by Gasteiger charge is 2.34. The van der Waals surface area contributed by atoms with Gasteiger partial charge in [0.2, 0.25) is 24.5 Å². The van der Waals surface area contributed by atoms with E-state index in [1.165, 1.54) is 19.1 Å². The number of ether oxygens (including phenoxy) is 2. The molecule has 4 rings (SSSR count). The molecule has 2 aromatic carbocycles. The summed E-state index contributed by atoms with van der Waals surface area (Å²) < 4.78 is 63.3. The lowest BCUT2D eigenvalue weighted by molar-refractivity contribution is -0.137. The second-order valence-electron chi connectivity index (χ2n) is 9.32. The van der Waals surface area contributed by atoms with E-state index < -0.39 is 57.8 Å². The van der Waals surface area contributed by atoms with E-state index in [9.17, 15) is 31.8 Å². The molecule has 0 bridgehead atoms. The van der Waals surface area contributed by atoms with Crippen LogP contribution in [0.3, 0.4) is 0 Å². The molecule has 1 heterocycles. The summed E-state index contributed by atoms with van der Waals surface area (Å²) in [6.45, 7) is 1.45. The van der Waals surface area contributed by atoms with Gasteiger partial charge in [-0.25, -0.2) is 0 Å². The lowest BCUT2D eigenvalue weighted by Crippen LogP contribution is -2.51. The Hall–Kier alpha value is -3.61. The zero-order valence-corrected chi connectivity index (χ0v) is 21.9. The molecule has 0 saturated heterocycles. The lowest BCUT2D eigenvalue weighted by atomic mass is 10.1. The van der Waals surface area contributed by atoms with Crippen molar-refractivity contribution in [1.29, 1.82) is 0 Å². The van der Waals surface area contributed by atoms with Gasteiger partial charge in [-0.3, -0.25) is 23.5 Å². The molecule has 39 heavy (non-hydrogen) atoms. The molecule has 1 aliphatic carbocycles. The highest BCUT2D eigenvalue weighted by molar-refractivity contribution is 7.86. The largest absolute Gasteiger partial charge is 0.454 e. The zero-order valence-electron chi connectivity index (χ0n) is 21.1. The van der Waals surface area contributed by atoms with Crippen molar-refractivity contribution in [2.75, 3.05) is 28.5 Å². The fraction of sp³-hybridized carbons (Fsp3) is 0.423. The molecule has 210 valence electrons. The highest BCUT2D eigenvalue weighted by atomic mass is 32.2. The van der Waals surface area contributed by atoms with E-state index in [1.54, 1.807) is 12.1 Å². The molecule has 0 aromatic heterocycles. The third-order valence-electron chi connectivity index (χ3n) is 6.42. The van der Waals surface area contributed by atoms with Crippen molar-refractivity contribution >= 4 is 39.9 Å². The molecule has 3 amide bonds. The van der Waals surface area contributed by atoms with Crippen LogP contribution in [0.15, 0.2) is 42.5 Å². The molecule has 2 N–H and O–H groups in total. The Labute approximate surface area is 225 Å². The smallest absolute Gasteiger partial charge is 0.416 e. The summed E-state index contributed by atoms with van der Waals surface area (Å²) in [5, 5.41) is 5.41. The third kappa shape index (κ3) is 7.28. The molecular weight excluding hydrogens is 539 g/mol. The van der Waals surface area contributed by atoms with Crippen LogP contribution in [0.5, 0.6) is 11.5 Å². The van der Waals surface area contributed by atoms with Crippen molar-refractivity contribution in [3.63, 3.8) is 0 Å². The molecule has 1 aliphatic heterocycles. The number of anilines is 2. The molecule has 9 nitrogen and oxygen atoms in total. The number of alkyl halides is 3. The van der Waals surface area contributed by atoms with Gasteiger partial charge in [0.05, 0.1) is 5.56 Å². The van der Waals surface area contributed by atoms with Crippen molar-refractivity contribution < 1.29 is 41.2 Å². The van der Waals surface area contributed by atoms with Crippen molar-refractivity contribution in [2.45, 2.75) is 50.9 Å². The van der Waals surface area contributed by atoms with Crippen molar-refractivity contribution in [2.24, 2.45) is 0 Å². The molecule has 0 radical (unpaired) electrons. The minimum Gasteiger partial charge on any atom is -0.454 e. The van der Waals surface area contributed by atoms with Gasteiger partial charge in [-0.05, 0) is 50.1 Å². The predicted molar refractivity (Wildman–Crippen MR) is 138 cm³/mol. The van der Waals surface area contributed by atoms with E-state index in [4.69, 9.17) is 9.47 Å². The second-order valence-corrected chi connectivity index (χ2v) is 10.8. The van der Waals surface area contributed by atoms with Gasteiger partial charge >= 0.3 is 6.18 Å². The van der Waals surface area contributed by atoms with E-state index in [0.29, 0.717) is 17.2 Å². The summed E-state index contributed by atoms with van der Waals surface area (Å²) in [6.07, 6.45) is -1.22. The fourth-order valence-corrected chi connectivity index (χ4v) is 5.38. The standard InChI is InChI=1S/C26H28F3N3O6S/c1-16(25(35)31-18-6-2-3-7-18)32(20-8-4-5-17(11-20)26(27,28)29)24(34)14-39(36)13-23(33)30-19-9-10-21-22(12-19)38-15-37-21/h4-5,8-12,16,18H,2-3,6-7,13-15H2,1H3,(H,30,33)(H,31,35)/t16-,39-/m1/s1. The number of nitrogens with one attached hydrogen (secondary N) is 2. The molecule has 2 aromatic rings. The molecule has 1 saturated carbocycles. The normalized spacial score (nSPS) is 16.4. The van der Waals surface area contributed by atoms with Crippen molar-refractivity contribution in [3.8, 4) is 11.5 Å². The first-order valence-corrected chi connectivity index (χ1v) is 13.8. The number of hydrogen-bond acceptors (Lipinski definition) is 6. The molecule has 13 heteroatoms. The van der Waals surface area contributed by atoms with Gasteiger partial charge in [-0.2, -0.15) is 13.2 Å². The molecule has 0 unspecified atom stereocenters. The van der Waals surface area contributed by atoms with Crippen LogP contribution in [-0.4, -0.2) is 52.3 Å². The van der Waals surface area contributed by atoms with E-state index in [1.807, 2.05) is 0 Å². The number of hydrogen-bond donors (Lipinski definition) is 2. The van der Waals surface area contributed by atoms with Crippen LogP contribution in [0.1, 0.15) is 38.2 Å². The molecule has 2 atom stereocenters. The Kier molecular flexibility index (Phi) is 8.78. The maximum absolute atomic E-state index is 13.4. The second kappa shape index (κ2) is 12.1. The lowest BCUT2D eigenvalue weighted by Gasteiger charge is -2.30. The van der Waals surface area contributed by atoms with Crippen LogP contribution in [0, 0.1) is 0 Å². The number of benzene rings is 2. The monoisotopic (exact) mass is 567 g/mol. The number of nitrogens with zero attached hydrogens (tertiary/aromatic N) is 1. The fourth-order valence-electron chi connectivity index (χ4n) is 4.50. The summed E-state index contributed by atoms with van der Waals surface area (Å²) in [7, 11) is -2.02. The average Bonchev–Trinajstić information content (AvgIpc) is 3.55. The Balaban J connectivity index is 1.46. The van der Waals surface area contributed by atoms with E-state index in [-0.39, 0.29) is 18.5 Å². The summed E-state index contributed by atoms with van der Waals surface area (Å²) in [5.74, 6) is -2.28. The topological polar surface area (TPSA) is 114 Å². The maximum atomic E-state index is 13.4. The molecule has 0 spiro atoms. The number of amides is 3. The van der Waals surface area contributed by atoms with Crippen LogP contribution < -0.4 is 25.0 Å². The predicted octanol–water partition coefficient (Wildman–Crippen LogP) is 3.60. The van der Waals surface area contributed by atoms with Gasteiger partial charge < -0.3 is 20.1 Å². The van der Waals surface area contributed by atoms with Crippen molar-refractivity contribution in [1.82, 2.24) is 5.32 Å². The van der Waals surface area contributed by atoms with Gasteiger partial charge in [0.15, 0.2) is 11.5 Å². The minimum absolute atomic E-state index is 0.0539. The van der Waals surface area contributed by atoms with Crippen LogP contribution in [0.4, 0.5) is 24.5 Å². The van der Waals surface area contributed by atoms with Crippen LogP contribution >= 0.6 is 0 Å². The number of fused-ring (bicyclic) bond motifs is 1. The van der Waals surface area contributed by atoms with Crippen LogP contribution in [-0.2, 0) is 31.4 Å². The van der Waals surface area contributed by atoms with Crippen molar-refractivity contribution in [3.05, 3.63) is 48.0 Å². The average molecular weight is 568 g/mol. The summed E-state index contributed by atoms with van der Waals surface area (Å²) in [6, 6.07) is 7.49. The van der Waals surface area contributed by atoms with Gasteiger partial charge in [-0.15, -0.1) is 0 Å². The number of halogens is 3. The first-order chi connectivity index (χ1) is 18.5. The molecular formula is C26H28F3N3O6S. The Morgan fingerprint density at radius 2 is 1.77 bits per heavy atom. The first-order valence-electron chi connectivity index (χ1n) is 12.4. The number of rotatable bonds is 9. The molecule has 2 aliphatic rings. The van der Waals surface area contributed by atoms with Gasteiger partial charge in [0, 0.05) is 34.3 Å². The quantitative estimate of drug-likeness (QED) is 0.479. The third-order valence-corrected chi connectivity index (χ3v) is 7.57. The zero-order chi connectivity index (χ0) is 28.2. The van der Waals surface area contributed by atoms with Gasteiger partial charge in [0.1, 0.15) is 17.5 Å². The number of carbonyl (C=O) groups is 3. The SMILES string of the molecule is C[C@H](C(=O)NC1CCCC1)N(C(=O)C[S@](=O)CC(=O)Nc1ccc2c(c1)OCO2)c1cccc(C(F)(F)F)c1. The Morgan fingerprint density at radius 1 is 1.05 bits per heavy atom. The van der Waals surface area contributed by atoms with Crippen LogP contribution in [0.25, 0.3) is 0 Å². The first kappa shape index (κ1) is 28.4. The maximum Gasteiger partial charge on any atom is 0.416 e. The van der Waals surface area contributed by atoms with Crippen LogP contribution in [0.2, 0.25) is 0 Å². The highest BCUT2D eigenvalue weighted by Crippen LogP contribution is 2.34. The molecule has 1 fully saturated rings. The van der Waals surface area contributed by atoms with E-state index in [2.05, 4.69) is 10.6 Å². The number of carbonyl (C=O) groups excluding carboxylic acids is 3. The minimum atomic E-state index is -4.67. The Morgan fingerprint density at radius 3 is 2.49 bits per heavy atom. The summed E-state index contributed by atoms with van der Waals surface area (Å²) in [5.41, 5.74) is -0.786.